The molecule has 2 heterocycles. The first-order chi connectivity index (χ1) is 10.1. The molecule has 3 rings (SSSR count). The number of aromatic nitrogens is 2. The average molecular weight is 293 g/mol. The van der Waals surface area contributed by atoms with Crippen LogP contribution in [0.1, 0.15) is 17.3 Å². The van der Waals surface area contributed by atoms with Crippen molar-refractivity contribution in [3.05, 3.63) is 29.8 Å². The highest BCUT2D eigenvalue weighted by molar-refractivity contribution is 6.05. The van der Waals surface area contributed by atoms with E-state index in [-0.39, 0.29) is 30.7 Å². The number of aromatic amines is 1. The number of H-pyrrole nitrogens is 1. The number of benzene rings is 1. The number of ether oxygens (including phenoxy) is 1. The number of rotatable bonds is 2. The zero-order valence-electron chi connectivity index (χ0n) is 11.5. The Labute approximate surface area is 120 Å². The van der Waals surface area contributed by atoms with Gasteiger partial charge in [0.05, 0.1) is 42.8 Å². The number of morpholine rings is 1. The standard InChI is InChI=1S/C14H16FN3O3/c1-8-6-21-10(5-19)4-18(8)14(20)11-2-9(15)3-12-13(11)17-7-16-12/h2-3,7-8,10,19H,4-6H2,1H3,(H,16,17). The normalized spacial score (nSPS) is 22.7. The summed E-state index contributed by atoms with van der Waals surface area (Å²) >= 11 is 0. The van der Waals surface area contributed by atoms with Crippen molar-refractivity contribution < 1.29 is 19.0 Å². The number of carbonyl (C=O) groups excluding carboxylic acids is 1. The number of aliphatic hydroxyl groups excluding tert-OH is 1. The van der Waals surface area contributed by atoms with E-state index in [0.29, 0.717) is 17.6 Å². The molecule has 112 valence electrons. The highest BCUT2D eigenvalue weighted by Gasteiger charge is 2.31. The summed E-state index contributed by atoms with van der Waals surface area (Å²) in [6.07, 6.45) is 1.02. The third-order valence-electron chi connectivity index (χ3n) is 3.69. The van der Waals surface area contributed by atoms with Crippen LogP contribution in [0.4, 0.5) is 4.39 Å². The molecular formula is C14H16FN3O3. The molecule has 0 aliphatic carbocycles. The Kier molecular flexibility index (Phi) is 3.60. The van der Waals surface area contributed by atoms with Crippen molar-refractivity contribution in [2.24, 2.45) is 0 Å². The molecule has 0 saturated carbocycles. The lowest BCUT2D eigenvalue weighted by atomic mass is 10.1. The topological polar surface area (TPSA) is 78.5 Å². The maximum Gasteiger partial charge on any atom is 0.256 e. The molecule has 7 heteroatoms. The van der Waals surface area contributed by atoms with Crippen LogP contribution in [0.25, 0.3) is 11.0 Å². The first kappa shape index (κ1) is 14.0. The summed E-state index contributed by atoms with van der Waals surface area (Å²) in [7, 11) is 0. The molecule has 0 spiro atoms. The first-order valence-corrected chi connectivity index (χ1v) is 6.76. The van der Waals surface area contributed by atoms with Gasteiger partial charge in [0, 0.05) is 6.54 Å². The smallest absolute Gasteiger partial charge is 0.256 e. The minimum absolute atomic E-state index is 0.141. The summed E-state index contributed by atoms with van der Waals surface area (Å²) in [4.78, 5) is 21.2. The Morgan fingerprint density at radius 1 is 1.62 bits per heavy atom. The van der Waals surface area contributed by atoms with Gasteiger partial charge in [0.15, 0.2) is 0 Å². The zero-order valence-corrected chi connectivity index (χ0v) is 11.5. The minimum atomic E-state index is -0.491. The van der Waals surface area contributed by atoms with Gasteiger partial charge in [0.1, 0.15) is 11.3 Å². The van der Waals surface area contributed by atoms with Gasteiger partial charge in [0.25, 0.3) is 5.91 Å². The highest BCUT2D eigenvalue weighted by Crippen LogP contribution is 2.22. The third kappa shape index (κ3) is 2.50. The van der Waals surface area contributed by atoms with Crippen molar-refractivity contribution in [2.75, 3.05) is 19.8 Å². The van der Waals surface area contributed by atoms with Crippen molar-refractivity contribution in [3.63, 3.8) is 0 Å². The second-order valence-corrected chi connectivity index (χ2v) is 5.20. The number of halogens is 1. The van der Waals surface area contributed by atoms with Gasteiger partial charge in [-0.2, -0.15) is 0 Å². The summed E-state index contributed by atoms with van der Waals surface area (Å²) in [5.41, 5.74) is 1.15. The summed E-state index contributed by atoms with van der Waals surface area (Å²) in [6.45, 7) is 2.32. The highest BCUT2D eigenvalue weighted by atomic mass is 19.1. The van der Waals surface area contributed by atoms with Gasteiger partial charge in [-0.25, -0.2) is 9.37 Å². The number of nitrogens with zero attached hydrogens (tertiary/aromatic N) is 2. The Bertz CT molecular complexity index is 673. The van der Waals surface area contributed by atoms with Crippen molar-refractivity contribution in [1.29, 1.82) is 0 Å². The summed E-state index contributed by atoms with van der Waals surface area (Å²) in [5, 5.41) is 9.19. The molecule has 0 bridgehead atoms. The van der Waals surface area contributed by atoms with E-state index in [1.165, 1.54) is 18.5 Å². The van der Waals surface area contributed by atoms with Crippen LogP contribution >= 0.6 is 0 Å². The Hall–Kier alpha value is -1.99. The number of carbonyl (C=O) groups is 1. The molecule has 1 amide bonds. The number of amides is 1. The van der Waals surface area contributed by atoms with E-state index in [1.54, 1.807) is 4.90 Å². The number of aliphatic hydroxyl groups is 1. The predicted molar refractivity (Wildman–Crippen MR) is 73.4 cm³/mol. The van der Waals surface area contributed by atoms with Crippen LogP contribution in [0.5, 0.6) is 0 Å². The Morgan fingerprint density at radius 3 is 3.19 bits per heavy atom. The fourth-order valence-electron chi connectivity index (χ4n) is 2.54. The average Bonchev–Trinajstić information content (AvgIpc) is 2.94. The second-order valence-electron chi connectivity index (χ2n) is 5.20. The fraction of sp³-hybridized carbons (Fsp3) is 0.429. The Balaban J connectivity index is 1.97. The molecule has 1 aromatic heterocycles. The minimum Gasteiger partial charge on any atom is -0.394 e. The lowest BCUT2D eigenvalue weighted by Crippen LogP contribution is -2.52. The van der Waals surface area contributed by atoms with E-state index in [4.69, 9.17) is 4.74 Å². The molecule has 2 N–H and O–H groups in total. The summed E-state index contributed by atoms with van der Waals surface area (Å²) in [6, 6.07) is 2.36. The van der Waals surface area contributed by atoms with Crippen LogP contribution in [0.3, 0.4) is 0 Å². The molecule has 1 fully saturated rings. The van der Waals surface area contributed by atoms with Gasteiger partial charge in [-0.3, -0.25) is 4.79 Å². The van der Waals surface area contributed by atoms with E-state index in [2.05, 4.69) is 9.97 Å². The summed E-state index contributed by atoms with van der Waals surface area (Å²) < 4.78 is 19.1. The van der Waals surface area contributed by atoms with Crippen molar-refractivity contribution in [3.8, 4) is 0 Å². The maximum absolute atomic E-state index is 13.7. The molecule has 2 atom stereocenters. The Morgan fingerprint density at radius 2 is 2.43 bits per heavy atom. The largest absolute Gasteiger partial charge is 0.394 e. The molecule has 1 saturated heterocycles. The van der Waals surface area contributed by atoms with Crippen LogP contribution in [-0.2, 0) is 4.74 Å². The number of nitrogens with one attached hydrogen (secondary N) is 1. The molecule has 0 radical (unpaired) electrons. The van der Waals surface area contributed by atoms with Gasteiger partial charge >= 0.3 is 0 Å². The van der Waals surface area contributed by atoms with E-state index < -0.39 is 11.9 Å². The number of imidazole rings is 1. The van der Waals surface area contributed by atoms with E-state index >= 15 is 0 Å². The SMILES string of the molecule is CC1COC(CO)CN1C(=O)c1cc(F)cc2[nH]cnc12. The van der Waals surface area contributed by atoms with E-state index in [0.717, 1.165) is 0 Å². The lowest BCUT2D eigenvalue weighted by Gasteiger charge is -2.37. The number of hydrogen-bond acceptors (Lipinski definition) is 4. The van der Waals surface area contributed by atoms with Gasteiger partial charge in [-0.05, 0) is 19.1 Å². The van der Waals surface area contributed by atoms with Crippen LogP contribution in [0.2, 0.25) is 0 Å². The second kappa shape index (κ2) is 5.42. The molecule has 1 aliphatic rings. The van der Waals surface area contributed by atoms with Gasteiger partial charge < -0.3 is 19.7 Å². The van der Waals surface area contributed by atoms with Gasteiger partial charge in [-0.1, -0.05) is 0 Å². The molecular weight excluding hydrogens is 277 g/mol. The molecule has 2 aromatic rings. The van der Waals surface area contributed by atoms with Crippen LogP contribution in [-0.4, -0.2) is 57.8 Å². The number of fused-ring (bicyclic) bond motifs is 1. The maximum atomic E-state index is 13.7. The van der Waals surface area contributed by atoms with E-state index in [9.17, 15) is 14.3 Å². The van der Waals surface area contributed by atoms with Crippen LogP contribution in [0, 0.1) is 5.82 Å². The quantitative estimate of drug-likeness (QED) is 0.863. The predicted octanol–water partition coefficient (Wildman–Crippen LogP) is 0.924. The molecule has 1 aromatic carbocycles. The summed E-state index contributed by atoms with van der Waals surface area (Å²) in [5.74, 6) is -0.796. The molecule has 6 nitrogen and oxygen atoms in total. The van der Waals surface area contributed by atoms with Crippen LogP contribution < -0.4 is 0 Å². The molecule has 1 aliphatic heterocycles. The van der Waals surface area contributed by atoms with Crippen molar-refractivity contribution in [2.45, 2.75) is 19.1 Å². The monoisotopic (exact) mass is 293 g/mol. The zero-order chi connectivity index (χ0) is 15.0. The van der Waals surface area contributed by atoms with Crippen molar-refractivity contribution in [1.82, 2.24) is 14.9 Å². The third-order valence-corrected chi connectivity index (χ3v) is 3.69. The first-order valence-electron chi connectivity index (χ1n) is 6.76. The molecule has 21 heavy (non-hydrogen) atoms. The number of hydrogen-bond donors (Lipinski definition) is 2. The lowest BCUT2D eigenvalue weighted by molar-refractivity contribution is -0.0667. The van der Waals surface area contributed by atoms with Gasteiger partial charge in [0.2, 0.25) is 0 Å². The van der Waals surface area contributed by atoms with Crippen molar-refractivity contribution >= 4 is 16.9 Å². The molecule has 2 unspecified atom stereocenters. The van der Waals surface area contributed by atoms with E-state index in [1.807, 2.05) is 6.92 Å². The fourth-order valence-corrected chi connectivity index (χ4v) is 2.54. The van der Waals surface area contributed by atoms with Gasteiger partial charge in [-0.15, -0.1) is 0 Å². The van der Waals surface area contributed by atoms with Crippen LogP contribution in [0.15, 0.2) is 18.5 Å².